The van der Waals surface area contributed by atoms with Gasteiger partial charge in [-0.3, -0.25) is 20.2 Å². The molecule has 1 heterocycles. The van der Waals surface area contributed by atoms with Gasteiger partial charge >= 0.3 is 7.12 Å². The molecule has 0 spiro atoms. The molecule has 0 saturated carbocycles. The molecule has 8 nitrogen and oxygen atoms in total. The van der Waals surface area contributed by atoms with Crippen molar-refractivity contribution < 1.29 is 19.2 Å². The predicted octanol–water partition coefficient (Wildman–Crippen LogP) is 10.3. The molecule has 1 aliphatic heterocycles. The average molecular weight is 839 g/mol. The van der Waals surface area contributed by atoms with Crippen molar-refractivity contribution in [3.63, 3.8) is 0 Å². The van der Waals surface area contributed by atoms with Gasteiger partial charge in [-0.1, -0.05) is 86.5 Å². The molecule has 7 rings (SSSR count). The van der Waals surface area contributed by atoms with E-state index in [2.05, 4.69) is 118 Å². The molecular formula is C36H32BBr3N2O6. The van der Waals surface area contributed by atoms with E-state index in [1.54, 1.807) is 24.3 Å². The summed E-state index contributed by atoms with van der Waals surface area (Å²) in [4.78, 5) is 20.6. The van der Waals surface area contributed by atoms with Crippen LogP contribution >= 0.6 is 47.8 Å². The normalized spacial score (nSPS) is 15.9. The number of fused-ring (bicyclic) bond motifs is 2. The maximum atomic E-state index is 11.1. The van der Waals surface area contributed by atoms with E-state index >= 15 is 0 Å². The summed E-state index contributed by atoms with van der Waals surface area (Å²) in [6.07, 6.45) is 10.5. The second-order valence-corrected chi connectivity index (χ2v) is 15.1. The summed E-state index contributed by atoms with van der Waals surface area (Å²) in [5.74, 6) is 0. The van der Waals surface area contributed by atoms with Crippen molar-refractivity contribution in [3.8, 4) is 11.1 Å². The molecule has 246 valence electrons. The molecule has 2 aliphatic carbocycles. The second kappa shape index (κ2) is 14.6. The van der Waals surface area contributed by atoms with Crippen molar-refractivity contribution in [3.05, 3.63) is 141 Å². The van der Waals surface area contributed by atoms with Gasteiger partial charge in [0.2, 0.25) is 0 Å². The van der Waals surface area contributed by atoms with Crippen LogP contribution in [0.15, 0.2) is 98.4 Å². The molecule has 4 aromatic rings. The second-order valence-electron chi connectivity index (χ2n) is 12.4. The molecule has 1 saturated heterocycles. The number of benzene rings is 4. The Morgan fingerprint density at radius 3 is 1.75 bits per heavy atom. The highest BCUT2D eigenvalue weighted by atomic mass is 79.9. The summed E-state index contributed by atoms with van der Waals surface area (Å²) in [5.41, 5.74) is 7.41. The quantitative estimate of drug-likeness (QED) is 0.115. The molecule has 0 amide bonds. The fourth-order valence-electron chi connectivity index (χ4n) is 5.36. The van der Waals surface area contributed by atoms with Crippen LogP contribution in [0.5, 0.6) is 0 Å². The molecule has 4 aromatic carbocycles. The van der Waals surface area contributed by atoms with Crippen LogP contribution in [-0.4, -0.2) is 28.2 Å². The first-order valence-electron chi connectivity index (χ1n) is 15.1. The fourth-order valence-corrected chi connectivity index (χ4v) is 6.91. The van der Waals surface area contributed by atoms with Crippen molar-refractivity contribution in [2.75, 3.05) is 0 Å². The standard InChI is InChI=1S/C15H19BO2.C15H10BrNO2.C6H3Br2NO2/c1-14(2)15(3,4)18-16(17-14)13-9-8-11-6-5-7-12(11)10-13;16-13-6-7-15(17(18)19)14(9-13)12-5-4-10-2-1-3-11(10)8-12;7-4-1-2-6(9(10)11)5(8)3-4/h5-6,8-10H,7H2,1-4H3;1-2,4-9H,3H2;1-3H. The first-order chi connectivity index (χ1) is 22.6. The number of nitro groups is 2. The summed E-state index contributed by atoms with van der Waals surface area (Å²) < 4.78 is 14.3. The third-order valence-corrected chi connectivity index (χ3v) is 10.3. The summed E-state index contributed by atoms with van der Waals surface area (Å²) in [6.45, 7) is 8.34. The molecule has 12 heteroatoms. The van der Waals surface area contributed by atoms with Crippen LogP contribution in [0.1, 0.15) is 49.9 Å². The van der Waals surface area contributed by atoms with E-state index in [-0.39, 0.29) is 34.6 Å². The summed E-state index contributed by atoms with van der Waals surface area (Å²) >= 11 is 9.64. The topological polar surface area (TPSA) is 105 Å². The first kappa shape index (κ1) is 35.9. The average Bonchev–Trinajstić information content (AvgIpc) is 3.74. The minimum atomic E-state index is -0.434. The number of hydrogen-bond acceptors (Lipinski definition) is 6. The van der Waals surface area contributed by atoms with Gasteiger partial charge in [0.05, 0.1) is 31.1 Å². The molecule has 0 bridgehead atoms. The van der Waals surface area contributed by atoms with Gasteiger partial charge in [-0.05, 0) is 120 Å². The number of nitro benzene ring substituents is 2. The Morgan fingerprint density at radius 1 is 0.667 bits per heavy atom. The number of allylic oxidation sites excluding steroid dienone is 2. The molecule has 0 atom stereocenters. The summed E-state index contributed by atoms with van der Waals surface area (Å²) in [6, 6.07) is 22.2. The van der Waals surface area contributed by atoms with E-state index in [9.17, 15) is 20.2 Å². The lowest BCUT2D eigenvalue weighted by atomic mass is 9.78. The fraction of sp³-hybridized carbons (Fsp3) is 0.222. The van der Waals surface area contributed by atoms with Gasteiger partial charge in [0, 0.05) is 21.1 Å². The molecule has 3 aliphatic rings. The van der Waals surface area contributed by atoms with Crippen LogP contribution < -0.4 is 5.46 Å². The monoisotopic (exact) mass is 836 g/mol. The minimum Gasteiger partial charge on any atom is -0.399 e. The summed E-state index contributed by atoms with van der Waals surface area (Å²) in [5, 5.41) is 21.4. The van der Waals surface area contributed by atoms with E-state index < -0.39 is 4.92 Å². The van der Waals surface area contributed by atoms with E-state index in [0.717, 1.165) is 32.8 Å². The van der Waals surface area contributed by atoms with E-state index in [4.69, 9.17) is 9.31 Å². The zero-order valence-electron chi connectivity index (χ0n) is 26.7. The van der Waals surface area contributed by atoms with Crippen LogP contribution in [-0.2, 0) is 22.2 Å². The lowest BCUT2D eigenvalue weighted by Crippen LogP contribution is -2.41. The predicted molar refractivity (Wildman–Crippen MR) is 202 cm³/mol. The molecule has 48 heavy (non-hydrogen) atoms. The van der Waals surface area contributed by atoms with Crippen molar-refractivity contribution in [2.24, 2.45) is 0 Å². The van der Waals surface area contributed by atoms with E-state index in [1.165, 1.54) is 34.4 Å². The molecule has 1 fully saturated rings. The highest BCUT2D eigenvalue weighted by molar-refractivity contribution is 9.11. The van der Waals surface area contributed by atoms with Crippen LogP contribution in [0.2, 0.25) is 0 Å². The molecule has 0 radical (unpaired) electrons. The Hall–Kier alpha value is -3.42. The largest absolute Gasteiger partial charge is 0.494 e. The Balaban J connectivity index is 0.000000146. The third-order valence-electron chi connectivity index (χ3n) is 8.68. The van der Waals surface area contributed by atoms with Crippen molar-refractivity contribution in [2.45, 2.75) is 51.7 Å². The minimum absolute atomic E-state index is 0.0770. The zero-order chi connectivity index (χ0) is 34.8. The number of halogens is 3. The SMILES string of the molecule is CC1(C)OB(c2ccc3c(c2)CC=C3)OC1(C)C.O=[N+]([O-])c1ccc(Br)cc1-c1ccc2c(c1)CC=C2.O=[N+]([O-])c1ccc(Br)cc1Br. The van der Waals surface area contributed by atoms with Crippen LogP contribution in [0.25, 0.3) is 23.3 Å². The van der Waals surface area contributed by atoms with Crippen molar-refractivity contribution in [1.29, 1.82) is 0 Å². The van der Waals surface area contributed by atoms with Crippen LogP contribution in [0.3, 0.4) is 0 Å². The van der Waals surface area contributed by atoms with E-state index in [1.807, 2.05) is 18.2 Å². The Kier molecular flexibility index (Phi) is 10.9. The third kappa shape index (κ3) is 8.06. The highest BCUT2D eigenvalue weighted by Crippen LogP contribution is 2.37. The van der Waals surface area contributed by atoms with Crippen LogP contribution in [0.4, 0.5) is 11.4 Å². The lowest BCUT2D eigenvalue weighted by molar-refractivity contribution is -0.385. The lowest BCUT2D eigenvalue weighted by Gasteiger charge is -2.32. The van der Waals surface area contributed by atoms with Gasteiger partial charge in [-0.15, -0.1) is 0 Å². The van der Waals surface area contributed by atoms with Crippen LogP contribution in [0, 0.1) is 20.2 Å². The van der Waals surface area contributed by atoms with Gasteiger partial charge in [0.25, 0.3) is 11.4 Å². The van der Waals surface area contributed by atoms with Crippen molar-refractivity contribution >= 4 is 83.9 Å². The highest BCUT2D eigenvalue weighted by Gasteiger charge is 2.51. The molecule has 0 unspecified atom stereocenters. The first-order valence-corrected chi connectivity index (χ1v) is 17.5. The van der Waals surface area contributed by atoms with Gasteiger partial charge < -0.3 is 9.31 Å². The Bertz CT molecular complexity index is 1940. The van der Waals surface area contributed by atoms with E-state index in [0.29, 0.717) is 10.0 Å². The Morgan fingerprint density at radius 2 is 1.19 bits per heavy atom. The number of hydrogen-bond donors (Lipinski definition) is 0. The molecular weight excluding hydrogens is 807 g/mol. The van der Waals surface area contributed by atoms with Gasteiger partial charge in [-0.25, -0.2) is 0 Å². The smallest absolute Gasteiger partial charge is 0.399 e. The summed E-state index contributed by atoms with van der Waals surface area (Å²) in [7, 11) is -0.249. The maximum absolute atomic E-state index is 11.1. The number of nitrogens with zero attached hydrogens (tertiary/aromatic N) is 2. The zero-order valence-corrected chi connectivity index (χ0v) is 31.5. The van der Waals surface area contributed by atoms with Gasteiger partial charge in [-0.2, -0.15) is 0 Å². The maximum Gasteiger partial charge on any atom is 0.494 e. The molecule has 0 aromatic heterocycles. The Labute approximate surface area is 305 Å². The van der Waals surface area contributed by atoms with Crippen molar-refractivity contribution in [1.82, 2.24) is 0 Å². The molecule has 0 N–H and O–H groups in total. The van der Waals surface area contributed by atoms with Gasteiger partial charge in [0.1, 0.15) is 0 Å². The van der Waals surface area contributed by atoms with Gasteiger partial charge in [0.15, 0.2) is 0 Å². The number of rotatable bonds is 4.